The number of nitrogens with zero attached hydrogens (tertiary/aromatic N) is 2. The first kappa shape index (κ1) is 35.5. The molecule has 1 unspecified atom stereocenters. The zero-order valence-electron chi connectivity index (χ0n) is 28.6. The van der Waals surface area contributed by atoms with Gasteiger partial charge < -0.3 is 22.0 Å². The largest absolute Gasteiger partial charge is 0.372 e. The van der Waals surface area contributed by atoms with Gasteiger partial charge in [-0.1, -0.05) is 78.9 Å². The van der Waals surface area contributed by atoms with Crippen LogP contribution in [0.3, 0.4) is 0 Å². The van der Waals surface area contributed by atoms with Gasteiger partial charge in [0.1, 0.15) is 0 Å². The Labute approximate surface area is 298 Å². The van der Waals surface area contributed by atoms with E-state index in [1.807, 2.05) is 79.0 Å². The highest BCUT2D eigenvalue weighted by atomic mass is 16.7. The van der Waals surface area contributed by atoms with Crippen molar-refractivity contribution in [1.29, 1.82) is 0 Å². The molecule has 2 aromatic heterocycles. The molecule has 0 radical (unpaired) electrons. The fourth-order valence-electron chi connectivity index (χ4n) is 7.32. The Balaban J connectivity index is 0.000000313. The standard InChI is InChI=1S/C31H33N5O3.C11H11N/c32-19-22-18-25(26-14-3-4-16-35-26)23-12-1-2-13-24(23)27(22)29(37)31(33,30(38)39-34)15-6-10-20-8-5-9-21-11-7-17-36-28(20)21;12-8-10-6-3-5-9-4-1-2-7-11(9)10/h1-4,7,11-14,16-18,20H,5-6,8-10,15,19,32-34H2;1-7H,8,12H2/t20?,31-;/m0./s1. The van der Waals surface area contributed by atoms with Crippen molar-refractivity contribution in [3.05, 3.63) is 143 Å². The lowest BCUT2D eigenvalue weighted by molar-refractivity contribution is -0.149. The number of hydrogen-bond acceptors (Lipinski definition) is 9. The summed E-state index contributed by atoms with van der Waals surface area (Å²) in [5.41, 5.74) is 22.5. The second-order valence-corrected chi connectivity index (χ2v) is 13.0. The van der Waals surface area contributed by atoms with E-state index in [1.165, 1.54) is 21.9 Å². The molecule has 0 aliphatic heterocycles. The number of nitrogens with two attached hydrogens (primary N) is 4. The van der Waals surface area contributed by atoms with Crippen molar-refractivity contribution in [1.82, 2.24) is 9.97 Å². The summed E-state index contributed by atoms with van der Waals surface area (Å²) in [6.45, 7) is 0.686. The number of aromatic nitrogens is 2. The van der Waals surface area contributed by atoms with Gasteiger partial charge in [-0.15, -0.1) is 0 Å². The minimum atomic E-state index is -1.96. The second kappa shape index (κ2) is 16.1. The number of pyridine rings is 2. The number of benzene rings is 4. The summed E-state index contributed by atoms with van der Waals surface area (Å²) >= 11 is 0. The third-order valence-corrected chi connectivity index (χ3v) is 9.93. The summed E-state index contributed by atoms with van der Waals surface area (Å²) < 4.78 is 0. The van der Waals surface area contributed by atoms with E-state index in [9.17, 15) is 9.59 Å². The molecule has 0 bridgehead atoms. The molecule has 1 aliphatic carbocycles. The molecule has 0 saturated heterocycles. The van der Waals surface area contributed by atoms with Gasteiger partial charge in [-0.3, -0.25) is 14.8 Å². The van der Waals surface area contributed by atoms with Gasteiger partial charge in [0.2, 0.25) is 0 Å². The molecule has 7 rings (SSSR count). The second-order valence-electron chi connectivity index (χ2n) is 13.0. The molecular weight excluding hydrogens is 637 g/mol. The van der Waals surface area contributed by atoms with Crippen LogP contribution in [0.25, 0.3) is 32.8 Å². The average molecular weight is 681 g/mol. The van der Waals surface area contributed by atoms with Crippen molar-refractivity contribution < 1.29 is 14.4 Å². The molecule has 6 aromatic rings. The summed E-state index contributed by atoms with van der Waals surface area (Å²) in [6.07, 6.45) is 7.99. The van der Waals surface area contributed by atoms with E-state index >= 15 is 0 Å². The number of carbonyl (C=O) groups excluding carboxylic acids is 2. The molecule has 2 heterocycles. The third kappa shape index (κ3) is 7.43. The maximum absolute atomic E-state index is 14.2. The topological polar surface area (TPSA) is 173 Å². The highest BCUT2D eigenvalue weighted by molar-refractivity contribution is 6.23. The summed E-state index contributed by atoms with van der Waals surface area (Å²) in [5, 5.41) is 3.99. The normalized spacial score (nSPS) is 14.9. The molecule has 260 valence electrons. The van der Waals surface area contributed by atoms with Crippen LogP contribution >= 0.6 is 0 Å². The van der Waals surface area contributed by atoms with Crippen molar-refractivity contribution in [3.8, 4) is 11.3 Å². The zero-order chi connectivity index (χ0) is 35.8. The minimum absolute atomic E-state index is 0.0734. The Bertz CT molecular complexity index is 2150. The molecule has 0 saturated carbocycles. The van der Waals surface area contributed by atoms with E-state index in [0.29, 0.717) is 29.5 Å². The van der Waals surface area contributed by atoms with Gasteiger partial charge in [0.15, 0.2) is 11.3 Å². The summed E-state index contributed by atoms with van der Waals surface area (Å²) in [4.78, 5) is 40.9. The van der Waals surface area contributed by atoms with Crippen LogP contribution < -0.4 is 23.1 Å². The van der Waals surface area contributed by atoms with Crippen molar-refractivity contribution in [2.75, 3.05) is 0 Å². The molecule has 4 aromatic carbocycles. The summed E-state index contributed by atoms with van der Waals surface area (Å²) in [6, 6.07) is 33.6. The van der Waals surface area contributed by atoms with Crippen molar-refractivity contribution in [2.24, 2.45) is 23.1 Å². The van der Waals surface area contributed by atoms with Crippen LogP contribution in [-0.4, -0.2) is 27.3 Å². The molecule has 2 atom stereocenters. The molecule has 1 aliphatic rings. The van der Waals surface area contributed by atoms with E-state index < -0.39 is 17.3 Å². The lowest BCUT2D eigenvalue weighted by Gasteiger charge is -2.28. The van der Waals surface area contributed by atoms with Crippen LogP contribution in [0.5, 0.6) is 0 Å². The smallest absolute Gasteiger partial charge is 0.352 e. The van der Waals surface area contributed by atoms with Crippen LogP contribution in [0.15, 0.2) is 116 Å². The minimum Gasteiger partial charge on any atom is -0.372 e. The number of fused-ring (bicyclic) bond motifs is 3. The molecule has 8 N–H and O–H groups in total. The molecule has 0 amide bonds. The third-order valence-electron chi connectivity index (χ3n) is 9.93. The maximum Gasteiger partial charge on any atom is 0.352 e. The van der Waals surface area contributed by atoms with Gasteiger partial charge >= 0.3 is 5.97 Å². The Kier molecular flexibility index (Phi) is 11.2. The highest BCUT2D eigenvalue weighted by Gasteiger charge is 2.45. The van der Waals surface area contributed by atoms with E-state index in [0.717, 1.165) is 48.0 Å². The van der Waals surface area contributed by atoms with Gasteiger partial charge in [-0.05, 0) is 101 Å². The van der Waals surface area contributed by atoms with Gasteiger partial charge in [0.05, 0.1) is 5.69 Å². The van der Waals surface area contributed by atoms with Crippen LogP contribution in [0.4, 0.5) is 0 Å². The highest BCUT2D eigenvalue weighted by Crippen LogP contribution is 2.37. The summed E-state index contributed by atoms with van der Waals surface area (Å²) in [5.74, 6) is 4.05. The Morgan fingerprint density at radius 3 is 2.24 bits per heavy atom. The van der Waals surface area contributed by atoms with Crippen LogP contribution in [0.2, 0.25) is 0 Å². The summed E-state index contributed by atoms with van der Waals surface area (Å²) in [7, 11) is 0. The lowest BCUT2D eigenvalue weighted by atomic mass is 9.78. The van der Waals surface area contributed by atoms with E-state index in [-0.39, 0.29) is 18.9 Å². The first-order valence-corrected chi connectivity index (χ1v) is 17.4. The number of rotatable bonds is 10. The Morgan fingerprint density at radius 2 is 1.49 bits per heavy atom. The maximum atomic E-state index is 14.2. The van der Waals surface area contributed by atoms with Crippen molar-refractivity contribution in [2.45, 2.75) is 63.1 Å². The molecular formula is C42H44N6O3. The molecule has 9 heteroatoms. The monoisotopic (exact) mass is 680 g/mol. The Hall–Kier alpha value is -5.32. The van der Waals surface area contributed by atoms with E-state index in [2.05, 4.69) is 45.1 Å². The molecule has 9 nitrogen and oxygen atoms in total. The number of Topliss-reactive ketones (excluding diaryl/α,β-unsaturated/α-hetero) is 1. The van der Waals surface area contributed by atoms with Gasteiger partial charge in [-0.25, -0.2) is 4.79 Å². The van der Waals surface area contributed by atoms with Gasteiger partial charge in [0.25, 0.3) is 0 Å². The number of aryl methyl sites for hydroxylation is 1. The van der Waals surface area contributed by atoms with Crippen molar-refractivity contribution >= 4 is 33.3 Å². The van der Waals surface area contributed by atoms with Gasteiger partial charge in [0, 0.05) is 48.2 Å². The molecule has 51 heavy (non-hydrogen) atoms. The van der Waals surface area contributed by atoms with E-state index in [1.54, 1.807) is 6.20 Å². The van der Waals surface area contributed by atoms with Gasteiger partial charge in [-0.2, -0.15) is 5.90 Å². The molecule has 0 spiro atoms. The Morgan fingerprint density at radius 1 is 0.784 bits per heavy atom. The first-order chi connectivity index (χ1) is 24.9. The fourth-order valence-corrected chi connectivity index (χ4v) is 7.32. The fraction of sp³-hybridized carbons (Fsp3) is 0.238. The SMILES string of the molecule is NCc1cc(-c2ccccn2)c2ccccc2c1C(=O)[C@@](N)(CCCC1CCCc2cccnc21)C(=O)ON.NCc1cccc2ccccc12. The van der Waals surface area contributed by atoms with Crippen LogP contribution in [0, 0.1) is 0 Å². The predicted molar refractivity (Wildman–Crippen MR) is 202 cm³/mol. The quantitative estimate of drug-likeness (QED) is 0.0703. The van der Waals surface area contributed by atoms with Crippen LogP contribution in [-0.2, 0) is 29.1 Å². The average Bonchev–Trinajstić information content (AvgIpc) is 3.19. The van der Waals surface area contributed by atoms with Crippen LogP contribution in [0.1, 0.15) is 70.8 Å². The van der Waals surface area contributed by atoms with Crippen molar-refractivity contribution in [3.63, 3.8) is 0 Å². The first-order valence-electron chi connectivity index (χ1n) is 17.4. The predicted octanol–water partition coefficient (Wildman–Crippen LogP) is 6.64. The zero-order valence-corrected chi connectivity index (χ0v) is 28.6. The molecule has 0 fully saturated rings. The number of hydrogen-bond donors (Lipinski definition) is 4. The lowest BCUT2D eigenvalue weighted by Crippen LogP contribution is -2.56. The van der Waals surface area contributed by atoms with E-state index in [4.69, 9.17) is 23.1 Å². The number of carbonyl (C=O) groups is 2. The number of ketones is 1.